The van der Waals surface area contributed by atoms with Crippen LogP contribution >= 0.6 is 0 Å². The number of amides is 1. The Balaban J connectivity index is 1.40. The summed E-state index contributed by atoms with van der Waals surface area (Å²) in [6.07, 6.45) is 2.15. The van der Waals surface area contributed by atoms with Crippen LogP contribution in [0.4, 0.5) is 0 Å². The van der Waals surface area contributed by atoms with E-state index in [1.54, 1.807) is 19.2 Å². The van der Waals surface area contributed by atoms with E-state index < -0.39 is 5.79 Å². The molecular formula is C28H35N3O5. The van der Waals surface area contributed by atoms with Gasteiger partial charge in [0.15, 0.2) is 5.79 Å². The first-order valence-electron chi connectivity index (χ1n) is 12.6. The first kappa shape index (κ1) is 24.7. The molecule has 0 radical (unpaired) electrons. The molecule has 192 valence electrons. The number of piperidine rings is 1. The van der Waals surface area contributed by atoms with Crippen LogP contribution in [-0.2, 0) is 14.3 Å². The smallest absolute Gasteiger partial charge is 0.257 e. The van der Waals surface area contributed by atoms with E-state index in [9.17, 15) is 4.79 Å². The van der Waals surface area contributed by atoms with E-state index in [2.05, 4.69) is 36.9 Å². The minimum Gasteiger partial charge on any atom is -0.497 e. The highest BCUT2D eigenvalue weighted by molar-refractivity contribution is 6.03. The zero-order valence-electron chi connectivity index (χ0n) is 21.6. The molecule has 0 aliphatic carbocycles. The second-order valence-corrected chi connectivity index (χ2v) is 9.80. The molecule has 0 aromatic heterocycles. The number of hydrazone groups is 1. The third kappa shape index (κ3) is 4.85. The average molecular weight is 494 g/mol. The van der Waals surface area contributed by atoms with Gasteiger partial charge in [-0.3, -0.25) is 9.69 Å². The van der Waals surface area contributed by atoms with E-state index in [1.807, 2.05) is 18.2 Å². The monoisotopic (exact) mass is 493 g/mol. The van der Waals surface area contributed by atoms with Crippen molar-refractivity contribution in [3.05, 3.63) is 58.7 Å². The molecule has 0 N–H and O–H groups in total. The van der Waals surface area contributed by atoms with Crippen molar-refractivity contribution >= 4 is 11.6 Å². The van der Waals surface area contributed by atoms with Crippen LogP contribution in [0.3, 0.4) is 0 Å². The zero-order valence-corrected chi connectivity index (χ0v) is 21.6. The van der Waals surface area contributed by atoms with Gasteiger partial charge in [-0.2, -0.15) is 5.10 Å². The number of likely N-dealkylation sites (tertiary alicyclic amines) is 1. The normalized spacial score (nSPS) is 21.6. The van der Waals surface area contributed by atoms with E-state index >= 15 is 0 Å². The molecule has 0 saturated carbocycles. The van der Waals surface area contributed by atoms with E-state index in [0.29, 0.717) is 37.7 Å². The standard InChI is InChI=1S/C28H35N3O5/c1-19-5-6-21(15-20(19)2)24-17-25(23-8-7-22(33-3)16-26(23)34-4)31(29-24)27(32)18-30-11-9-28(10-12-30)35-13-14-36-28/h5-8,15-16,25H,9-14,17-18H2,1-4H3. The van der Waals surface area contributed by atoms with Crippen molar-refractivity contribution in [3.8, 4) is 11.5 Å². The van der Waals surface area contributed by atoms with Gasteiger partial charge in [0.05, 0.1) is 45.7 Å². The summed E-state index contributed by atoms with van der Waals surface area (Å²) in [5.74, 6) is 0.909. The van der Waals surface area contributed by atoms with Crippen LogP contribution in [0, 0.1) is 13.8 Å². The van der Waals surface area contributed by atoms with E-state index in [0.717, 1.165) is 42.8 Å². The highest BCUT2D eigenvalue weighted by Gasteiger charge is 2.41. The number of rotatable bonds is 6. The Morgan fingerprint density at radius 2 is 1.78 bits per heavy atom. The molecule has 2 aromatic carbocycles. The second-order valence-electron chi connectivity index (χ2n) is 9.80. The van der Waals surface area contributed by atoms with Crippen LogP contribution in [0.15, 0.2) is 41.5 Å². The lowest BCUT2D eigenvalue weighted by Gasteiger charge is -2.37. The number of methoxy groups -OCH3 is 2. The number of carbonyl (C=O) groups excluding carboxylic acids is 1. The van der Waals surface area contributed by atoms with Gasteiger partial charge >= 0.3 is 0 Å². The molecule has 2 aromatic rings. The fraction of sp³-hybridized carbons (Fsp3) is 0.500. The Labute approximate surface area is 212 Å². The Hall–Kier alpha value is -2.94. The molecule has 36 heavy (non-hydrogen) atoms. The summed E-state index contributed by atoms with van der Waals surface area (Å²) in [4.78, 5) is 15.9. The lowest BCUT2D eigenvalue weighted by molar-refractivity contribution is -0.186. The summed E-state index contributed by atoms with van der Waals surface area (Å²) in [5, 5.41) is 6.53. The van der Waals surface area contributed by atoms with Crippen molar-refractivity contribution in [2.75, 3.05) is 47.1 Å². The van der Waals surface area contributed by atoms with Crippen LogP contribution in [0.5, 0.6) is 11.5 Å². The van der Waals surface area contributed by atoms with Gasteiger partial charge in [-0.15, -0.1) is 0 Å². The predicted molar refractivity (Wildman–Crippen MR) is 137 cm³/mol. The van der Waals surface area contributed by atoms with Gasteiger partial charge < -0.3 is 18.9 Å². The minimum atomic E-state index is -0.458. The Bertz CT molecular complexity index is 1150. The Morgan fingerprint density at radius 3 is 2.44 bits per heavy atom. The number of nitrogens with zero attached hydrogens (tertiary/aromatic N) is 3. The lowest BCUT2D eigenvalue weighted by atomic mass is 9.96. The summed E-state index contributed by atoms with van der Waals surface area (Å²) in [5.41, 5.74) is 5.30. The minimum absolute atomic E-state index is 0.0269. The Kier molecular flexibility index (Phi) is 7.01. The van der Waals surface area contributed by atoms with Crippen molar-refractivity contribution in [3.63, 3.8) is 0 Å². The zero-order chi connectivity index (χ0) is 25.3. The number of benzene rings is 2. The number of aryl methyl sites for hydroxylation is 2. The molecule has 3 aliphatic heterocycles. The molecule has 5 rings (SSSR count). The third-order valence-electron chi connectivity index (χ3n) is 7.60. The van der Waals surface area contributed by atoms with Gasteiger partial charge in [0.2, 0.25) is 0 Å². The average Bonchev–Trinajstić information content (AvgIpc) is 3.54. The number of hydrogen-bond donors (Lipinski definition) is 0. The van der Waals surface area contributed by atoms with Gasteiger partial charge in [0.1, 0.15) is 11.5 Å². The fourth-order valence-electron chi connectivity index (χ4n) is 5.27. The quantitative estimate of drug-likeness (QED) is 0.609. The molecule has 3 heterocycles. The Morgan fingerprint density at radius 1 is 1.03 bits per heavy atom. The topological polar surface area (TPSA) is 72.8 Å². The van der Waals surface area contributed by atoms with Crippen molar-refractivity contribution in [2.45, 2.75) is 44.9 Å². The maximum Gasteiger partial charge on any atom is 0.257 e. The van der Waals surface area contributed by atoms with Crippen LogP contribution in [0.2, 0.25) is 0 Å². The first-order valence-corrected chi connectivity index (χ1v) is 12.6. The molecule has 1 unspecified atom stereocenters. The van der Waals surface area contributed by atoms with Gasteiger partial charge in [0, 0.05) is 44.0 Å². The fourth-order valence-corrected chi connectivity index (χ4v) is 5.27. The molecule has 8 nitrogen and oxygen atoms in total. The second kappa shape index (κ2) is 10.2. The molecule has 1 amide bonds. The van der Waals surface area contributed by atoms with Gasteiger partial charge in [-0.05, 0) is 48.7 Å². The SMILES string of the molecule is COc1ccc(C2CC(c3ccc(C)c(C)c3)=NN2C(=O)CN2CCC3(CC2)OCCO3)c(OC)c1. The van der Waals surface area contributed by atoms with Crippen LogP contribution in [0.1, 0.15) is 47.6 Å². The maximum atomic E-state index is 13.7. The van der Waals surface area contributed by atoms with Gasteiger partial charge in [-0.1, -0.05) is 12.1 Å². The first-order chi connectivity index (χ1) is 17.4. The maximum absolute atomic E-state index is 13.7. The summed E-state index contributed by atoms with van der Waals surface area (Å²) in [6.45, 7) is 7.30. The van der Waals surface area contributed by atoms with Gasteiger partial charge in [0.25, 0.3) is 5.91 Å². The van der Waals surface area contributed by atoms with E-state index in [-0.39, 0.29) is 11.9 Å². The molecule has 1 spiro atoms. The molecule has 0 bridgehead atoms. The van der Waals surface area contributed by atoms with E-state index in [1.165, 1.54) is 11.1 Å². The van der Waals surface area contributed by atoms with Gasteiger partial charge in [-0.25, -0.2) is 5.01 Å². The molecule has 8 heteroatoms. The number of hydrogen-bond acceptors (Lipinski definition) is 7. The number of carbonyl (C=O) groups is 1. The van der Waals surface area contributed by atoms with Crippen LogP contribution in [-0.4, -0.2) is 74.4 Å². The molecule has 1 atom stereocenters. The van der Waals surface area contributed by atoms with E-state index in [4.69, 9.17) is 24.0 Å². The lowest BCUT2D eigenvalue weighted by Crippen LogP contribution is -2.48. The summed E-state index contributed by atoms with van der Waals surface area (Å²) < 4.78 is 22.8. The molecule has 2 saturated heterocycles. The highest BCUT2D eigenvalue weighted by Crippen LogP contribution is 2.39. The summed E-state index contributed by atoms with van der Waals surface area (Å²) in [7, 11) is 3.27. The predicted octanol–water partition coefficient (Wildman–Crippen LogP) is 3.84. The molecule has 3 aliphatic rings. The van der Waals surface area contributed by atoms with Crippen LogP contribution < -0.4 is 9.47 Å². The highest BCUT2D eigenvalue weighted by atomic mass is 16.7. The van der Waals surface area contributed by atoms with Crippen molar-refractivity contribution in [1.82, 2.24) is 9.91 Å². The van der Waals surface area contributed by atoms with Crippen LogP contribution in [0.25, 0.3) is 0 Å². The number of ether oxygens (including phenoxy) is 4. The molecule has 2 fully saturated rings. The summed E-state index contributed by atoms with van der Waals surface area (Å²) >= 11 is 0. The largest absolute Gasteiger partial charge is 0.497 e. The molecular weight excluding hydrogens is 458 g/mol. The third-order valence-corrected chi connectivity index (χ3v) is 7.60. The van der Waals surface area contributed by atoms with Crippen molar-refractivity contribution in [2.24, 2.45) is 5.10 Å². The summed E-state index contributed by atoms with van der Waals surface area (Å²) in [6, 6.07) is 11.8. The van der Waals surface area contributed by atoms with Crippen molar-refractivity contribution in [1.29, 1.82) is 0 Å². The van der Waals surface area contributed by atoms with Crippen molar-refractivity contribution < 1.29 is 23.7 Å².